The van der Waals surface area contributed by atoms with E-state index in [1.54, 1.807) is 0 Å². The van der Waals surface area contributed by atoms with Crippen LogP contribution in [0.4, 0.5) is 0 Å². The number of sulfone groups is 1. The van der Waals surface area contributed by atoms with Crippen molar-refractivity contribution in [3.8, 4) is 0 Å². The highest BCUT2D eigenvalue weighted by Crippen LogP contribution is 2.37. The molecule has 5 rings (SSSR count). The molecule has 0 aromatic heterocycles. The van der Waals surface area contributed by atoms with E-state index in [-0.39, 0.29) is 11.2 Å². The van der Waals surface area contributed by atoms with E-state index in [4.69, 9.17) is 9.47 Å². The fourth-order valence-corrected chi connectivity index (χ4v) is 6.78. The first-order valence-corrected chi connectivity index (χ1v) is 13.2. The van der Waals surface area contributed by atoms with Gasteiger partial charge in [-0.1, -0.05) is 6.92 Å². The zero-order valence-corrected chi connectivity index (χ0v) is 19.4. The lowest BCUT2D eigenvalue weighted by Gasteiger charge is -2.35. The first-order chi connectivity index (χ1) is 14.2. The number of nitrogens with one attached hydrogen (secondary N) is 2. The van der Waals surface area contributed by atoms with Gasteiger partial charge in [-0.25, -0.2) is 8.42 Å². The van der Waals surface area contributed by atoms with E-state index < -0.39 is 9.84 Å². The van der Waals surface area contributed by atoms with Crippen molar-refractivity contribution in [1.82, 2.24) is 15.5 Å². The summed E-state index contributed by atoms with van der Waals surface area (Å²) >= 11 is 0. The Morgan fingerprint density at radius 3 is 2.07 bits per heavy atom. The van der Waals surface area contributed by atoms with E-state index in [9.17, 15) is 13.2 Å². The Morgan fingerprint density at radius 2 is 1.63 bits per heavy atom. The Morgan fingerprint density at radius 1 is 1.00 bits per heavy atom. The van der Waals surface area contributed by atoms with Crippen LogP contribution in [0.2, 0.25) is 0 Å². The molecule has 1 unspecified atom stereocenters. The highest BCUT2D eigenvalue weighted by atomic mass is 32.2. The molecule has 1 amide bonds. The van der Waals surface area contributed by atoms with Gasteiger partial charge in [0, 0.05) is 32.5 Å². The third kappa shape index (κ3) is 6.38. The van der Waals surface area contributed by atoms with Gasteiger partial charge in [-0.3, -0.25) is 4.79 Å². The van der Waals surface area contributed by atoms with Gasteiger partial charge < -0.3 is 25.0 Å². The predicted octanol–water partition coefficient (Wildman–Crippen LogP) is 0.772. The Kier molecular flexibility index (Phi) is 8.17. The summed E-state index contributed by atoms with van der Waals surface area (Å²) in [4.78, 5) is 13.8. The second-order valence-corrected chi connectivity index (χ2v) is 11.7. The van der Waals surface area contributed by atoms with Crippen LogP contribution in [-0.2, 0) is 24.1 Å². The molecule has 0 aromatic carbocycles. The van der Waals surface area contributed by atoms with Crippen molar-refractivity contribution >= 4 is 15.7 Å². The summed E-state index contributed by atoms with van der Waals surface area (Å²) in [5, 5.41) is 6.21. The van der Waals surface area contributed by atoms with Crippen LogP contribution in [-0.4, -0.2) is 89.5 Å². The molecule has 2 N–H and O–H groups in total. The van der Waals surface area contributed by atoms with Gasteiger partial charge in [-0.05, 0) is 51.7 Å². The average molecular weight is 446 g/mol. The Labute approximate surface area is 181 Å². The number of carbonyl (C=O) groups excluding carboxylic acids is 1. The molecule has 30 heavy (non-hydrogen) atoms. The minimum atomic E-state index is -2.60. The molecular weight excluding hydrogens is 406 g/mol. The normalized spacial score (nSPS) is 31.5. The first kappa shape index (κ1) is 23.9. The van der Waals surface area contributed by atoms with Gasteiger partial charge in [0.1, 0.15) is 0 Å². The molecule has 5 heterocycles. The number of nitrogens with zero attached hydrogens (tertiary/aromatic N) is 1. The molecule has 5 saturated heterocycles. The summed E-state index contributed by atoms with van der Waals surface area (Å²) in [5.41, 5.74) is 0.0203. The third-order valence-corrected chi connectivity index (χ3v) is 8.89. The molecule has 0 aromatic rings. The van der Waals surface area contributed by atoms with Crippen LogP contribution in [0.3, 0.4) is 0 Å². The largest absolute Gasteiger partial charge is 0.356 e. The molecule has 5 aliphatic rings. The smallest absolute Gasteiger partial charge is 0.226 e. The number of carbonyl (C=O) groups is 1. The zero-order valence-electron chi connectivity index (χ0n) is 18.6. The highest BCUT2D eigenvalue weighted by Gasteiger charge is 2.43. The Balaban J connectivity index is 0.000000131. The van der Waals surface area contributed by atoms with Crippen molar-refractivity contribution in [3.05, 3.63) is 0 Å². The van der Waals surface area contributed by atoms with Crippen molar-refractivity contribution in [3.63, 3.8) is 0 Å². The van der Waals surface area contributed by atoms with Crippen molar-refractivity contribution in [1.29, 1.82) is 0 Å². The molecule has 174 valence electrons. The summed E-state index contributed by atoms with van der Waals surface area (Å²) in [7, 11) is -0.471. The van der Waals surface area contributed by atoms with Gasteiger partial charge in [0.2, 0.25) is 5.91 Å². The van der Waals surface area contributed by atoms with Gasteiger partial charge in [-0.15, -0.1) is 0 Å². The number of hydrogen-bond donors (Lipinski definition) is 2. The van der Waals surface area contributed by atoms with E-state index in [0.29, 0.717) is 23.3 Å². The second kappa shape index (κ2) is 10.3. The quantitative estimate of drug-likeness (QED) is 0.568. The summed E-state index contributed by atoms with van der Waals surface area (Å²) < 4.78 is 32.3. The molecule has 0 bridgehead atoms. The van der Waals surface area contributed by atoms with Gasteiger partial charge in [0.15, 0.2) is 15.6 Å². The second-order valence-electron chi connectivity index (χ2n) is 9.46. The summed E-state index contributed by atoms with van der Waals surface area (Å²) in [6.07, 6.45) is 6.03. The SMILES string of the molecule is C1CC2(CCN1)OCCO2.CC1CCS(=O)(=O)C1.CN1CCC2(CCNC2=O)CC1. The molecule has 9 heteroatoms. The number of hydrogen-bond acceptors (Lipinski definition) is 7. The van der Waals surface area contributed by atoms with Crippen LogP contribution in [0.15, 0.2) is 0 Å². The molecule has 0 saturated carbocycles. The van der Waals surface area contributed by atoms with Crippen LogP contribution in [0.1, 0.15) is 45.4 Å². The number of piperidine rings is 2. The standard InChI is InChI=1S/C9H16N2O.C7H13NO2.C5H10O2S/c1-11-6-3-9(4-7-11)2-5-10-8(9)12;1-3-8-4-2-7(1)9-5-6-10-7;1-5-2-3-8(6,7)4-5/h2-7H2,1H3,(H,10,12);8H,1-6H2;5H,2-4H2,1H3. The van der Waals surface area contributed by atoms with E-state index >= 15 is 0 Å². The van der Waals surface area contributed by atoms with Gasteiger partial charge in [0.05, 0.1) is 30.1 Å². The van der Waals surface area contributed by atoms with Crippen LogP contribution in [0.25, 0.3) is 0 Å². The van der Waals surface area contributed by atoms with E-state index in [1.807, 2.05) is 6.92 Å². The summed E-state index contributed by atoms with van der Waals surface area (Å²) in [6.45, 7) is 8.63. The Hall–Kier alpha value is -0.740. The van der Waals surface area contributed by atoms with Crippen molar-refractivity contribution in [2.24, 2.45) is 11.3 Å². The lowest BCUT2D eigenvalue weighted by Crippen LogP contribution is -2.42. The molecule has 5 fully saturated rings. The molecular formula is C21H39N3O5S. The Bertz CT molecular complexity index is 662. The number of rotatable bonds is 0. The fraction of sp³-hybridized carbons (Fsp3) is 0.952. The molecule has 8 nitrogen and oxygen atoms in total. The van der Waals surface area contributed by atoms with Gasteiger partial charge in [0.25, 0.3) is 0 Å². The topological polar surface area (TPSA) is 97.0 Å². The fourth-order valence-electron chi connectivity index (χ4n) is 4.81. The zero-order chi connectivity index (χ0) is 21.7. The van der Waals surface area contributed by atoms with E-state index in [0.717, 1.165) is 84.5 Å². The molecule has 1 atom stereocenters. The maximum Gasteiger partial charge on any atom is 0.226 e. The van der Waals surface area contributed by atoms with E-state index in [2.05, 4.69) is 22.6 Å². The maximum absolute atomic E-state index is 11.5. The van der Waals surface area contributed by atoms with Crippen LogP contribution >= 0.6 is 0 Å². The first-order valence-electron chi connectivity index (χ1n) is 11.4. The maximum atomic E-state index is 11.5. The van der Waals surface area contributed by atoms with Crippen molar-refractivity contribution in [2.75, 3.05) is 64.5 Å². The number of likely N-dealkylation sites (tertiary alicyclic amines) is 1. The molecule has 2 spiro atoms. The highest BCUT2D eigenvalue weighted by molar-refractivity contribution is 7.91. The lowest BCUT2D eigenvalue weighted by atomic mass is 9.77. The van der Waals surface area contributed by atoms with Crippen LogP contribution < -0.4 is 10.6 Å². The third-order valence-electron chi connectivity index (χ3n) is 6.95. The van der Waals surface area contributed by atoms with Gasteiger partial charge >= 0.3 is 0 Å². The molecule has 0 radical (unpaired) electrons. The molecule has 0 aliphatic carbocycles. The number of ether oxygens (including phenoxy) is 2. The van der Waals surface area contributed by atoms with E-state index in [1.165, 1.54) is 0 Å². The van der Waals surface area contributed by atoms with Crippen LogP contribution in [0.5, 0.6) is 0 Å². The monoisotopic (exact) mass is 445 g/mol. The molecule has 5 aliphatic heterocycles. The summed E-state index contributed by atoms with van der Waals surface area (Å²) in [6, 6.07) is 0. The van der Waals surface area contributed by atoms with Gasteiger partial charge in [-0.2, -0.15) is 0 Å². The van der Waals surface area contributed by atoms with Crippen LogP contribution in [0, 0.1) is 11.3 Å². The summed E-state index contributed by atoms with van der Waals surface area (Å²) in [5.74, 6) is 1.34. The van der Waals surface area contributed by atoms with Crippen molar-refractivity contribution in [2.45, 2.75) is 51.2 Å². The lowest BCUT2D eigenvalue weighted by molar-refractivity contribution is -0.172. The minimum Gasteiger partial charge on any atom is -0.356 e. The number of amides is 1. The van der Waals surface area contributed by atoms with Crippen molar-refractivity contribution < 1.29 is 22.7 Å². The predicted molar refractivity (Wildman–Crippen MR) is 116 cm³/mol. The minimum absolute atomic E-state index is 0.0203. The average Bonchev–Trinajstić information content (AvgIpc) is 3.40.